The van der Waals surface area contributed by atoms with Crippen LogP contribution in [0.2, 0.25) is 0 Å². The Morgan fingerprint density at radius 2 is 1.92 bits per heavy atom. The van der Waals surface area contributed by atoms with Crippen LogP contribution in [-0.2, 0) is 0 Å². The van der Waals surface area contributed by atoms with Gasteiger partial charge in [0.25, 0.3) is 6.43 Å². The zero-order valence-electron chi connectivity index (χ0n) is 6.42. The molecule has 0 fully saturated rings. The van der Waals surface area contributed by atoms with Crippen LogP contribution in [0.4, 0.5) is 8.78 Å². The van der Waals surface area contributed by atoms with Crippen LogP contribution in [0.15, 0.2) is 22.7 Å². The summed E-state index contributed by atoms with van der Waals surface area (Å²) in [6, 6.07) is 4.04. The molecule has 0 unspecified atom stereocenters. The van der Waals surface area contributed by atoms with Gasteiger partial charge >= 0.3 is 7.12 Å². The summed E-state index contributed by atoms with van der Waals surface area (Å²) in [5.41, 5.74) is -0.554. The Kier molecular flexibility index (Phi) is 3.41. The van der Waals surface area contributed by atoms with Crippen molar-refractivity contribution in [3.8, 4) is 0 Å². The van der Waals surface area contributed by atoms with Gasteiger partial charge in [-0.1, -0.05) is 28.1 Å². The Morgan fingerprint density at radius 1 is 1.31 bits per heavy atom. The predicted octanol–water partition coefficient (Wildman–Crippen LogP) is 1.07. The highest BCUT2D eigenvalue weighted by molar-refractivity contribution is 9.10. The van der Waals surface area contributed by atoms with Gasteiger partial charge in [-0.25, -0.2) is 8.78 Å². The third-order valence-electron chi connectivity index (χ3n) is 1.58. The van der Waals surface area contributed by atoms with E-state index in [4.69, 9.17) is 10.0 Å². The molecule has 6 heteroatoms. The zero-order valence-corrected chi connectivity index (χ0v) is 8.00. The van der Waals surface area contributed by atoms with Gasteiger partial charge < -0.3 is 10.0 Å². The van der Waals surface area contributed by atoms with E-state index in [-0.39, 0.29) is 15.5 Å². The lowest BCUT2D eigenvalue weighted by Crippen LogP contribution is -2.34. The molecule has 0 aromatic heterocycles. The average molecular weight is 251 g/mol. The van der Waals surface area contributed by atoms with Crippen molar-refractivity contribution in [2.45, 2.75) is 6.43 Å². The molecule has 70 valence electrons. The van der Waals surface area contributed by atoms with Gasteiger partial charge in [0.1, 0.15) is 0 Å². The van der Waals surface area contributed by atoms with Crippen molar-refractivity contribution in [2.75, 3.05) is 0 Å². The Morgan fingerprint density at radius 3 is 2.31 bits per heavy atom. The Balaban J connectivity index is 3.26. The third kappa shape index (κ3) is 2.27. The van der Waals surface area contributed by atoms with Gasteiger partial charge in [0.15, 0.2) is 0 Å². The van der Waals surface area contributed by atoms with Crippen LogP contribution in [0.25, 0.3) is 0 Å². The first-order valence-corrected chi connectivity index (χ1v) is 4.26. The van der Waals surface area contributed by atoms with E-state index in [9.17, 15) is 8.78 Å². The van der Waals surface area contributed by atoms with Crippen molar-refractivity contribution in [1.29, 1.82) is 0 Å². The lowest BCUT2D eigenvalue weighted by atomic mass is 9.77. The van der Waals surface area contributed by atoms with Crippen LogP contribution in [0.3, 0.4) is 0 Å². The molecule has 0 saturated carbocycles. The van der Waals surface area contributed by atoms with Gasteiger partial charge in [0.2, 0.25) is 0 Å². The van der Waals surface area contributed by atoms with E-state index in [1.54, 1.807) is 0 Å². The molecular formula is C7H6BBrF2O2. The summed E-state index contributed by atoms with van der Waals surface area (Å²) in [6.45, 7) is 0. The SMILES string of the molecule is OB(O)c1c(Br)cccc1C(F)F. The number of rotatable bonds is 2. The highest BCUT2D eigenvalue weighted by Gasteiger charge is 2.23. The first-order chi connectivity index (χ1) is 6.04. The van der Waals surface area contributed by atoms with E-state index in [1.165, 1.54) is 12.1 Å². The number of benzene rings is 1. The summed E-state index contributed by atoms with van der Waals surface area (Å²) >= 11 is 2.96. The van der Waals surface area contributed by atoms with E-state index in [2.05, 4.69) is 15.9 Å². The minimum absolute atomic E-state index is 0.183. The highest BCUT2D eigenvalue weighted by Crippen LogP contribution is 2.20. The number of alkyl halides is 2. The van der Waals surface area contributed by atoms with Gasteiger partial charge in [-0.2, -0.15) is 0 Å². The molecule has 2 nitrogen and oxygen atoms in total. The fourth-order valence-electron chi connectivity index (χ4n) is 1.02. The quantitative estimate of drug-likeness (QED) is 0.771. The van der Waals surface area contributed by atoms with Crippen LogP contribution in [0, 0.1) is 0 Å². The summed E-state index contributed by atoms with van der Waals surface area (Å²) in [4.78, 5) is 0. The maximum Gasteiger partial charge on any atom is 0.490 e. The molecule has 1 aromatic carbocycles. The lowest BCUT2D eigenvalue weighted by molar-refractivity contribution is 0.152. The third-order valence-corrected chi connectivity index (χ3v) is 2.27. The second-order valence-corrected chi connectivity index (χ2v) is 3.27. The predicted molar refractivity (Wildman–Crippen MR) is 48.9 cm³/mol. The van der Waals surface area contributed by atoms with Crippen molar-refractivity contribution in [3.63, 3.8) is 0 Å². The Labute approximate surface area is 82.5 Å². The first kappa shape index (κ1) is 10.6. The summed E-state index contributed by atoms with van der Waals surface area (Å²) in [7, 11) is -1.89. The van der Waals surface area contributed by atoms with Crippen LogP contribution in [0.5, 0.6) is 0 Å². The fourth-order valence-corrected chi connectivity index (χ4v) is 1.60. The van der Waals surface area contributed by atoms with Gasteiger partial charge in [0, 0.05) is 15.5 Å². The highest BCUT2D eigenvalue weighted by atomic mass is 79.9. The molecule has 0 heterocycles. The minimum atomic E-state index is -2.71. The van der Waals surface area contributed by atoms with Crippen molar-refractivity contribution >= 4 is 28.5 Å². The molecule has 0 radical (unpaired) electrons. The van der Waals surface area contributed by atoms with Crippen LogP contribution < -0.4 is 5.46 Å². The van der Waals surface area contributed by atoms with Crippen LogP contribution in [-0.4, -0.2) is 17.2 Å². The van der Waals surface area contributed by atoms with E-state index < -0.39 is 13.5 Å². The molecule has 0 atom stereocenters. The van der Waals surface area contributed by atoms with Gasteiger partial charge in [0.05, 0.1) is 0 Å². The first-order valence-electron chi connectivity index (χ1n) is 3.46. The van der Waals surface area contributed by atoms with Crippen molar-refractivity contribution < 1.29 is 18.8 Å². The van der Waals surface area contributed by atoms with E-state index in [0.29, 0.717) is 0 Å². The van der Waals surface area contributed by atoms with E-state index in [0.717, 1.165) is 6.07 Å². The minimum Gasteiger partial charge on any atom is -0.423 e. The molecule has 0 aliphatic rings. The largest absolute Gasteiger partial charge is 0.490 e. The average Bonchev–Trinajstić information content (AvgIpc) is 2.02. The topological polar surface area (TPSA) is 40.5 Å². The molecule has 0 bridgehead atoms. The fraction of sp³-hybridized carbons (Fsp3) is 0.143. The maximum atomic E-state index is 12.3. The second-order valence-electron chi connectivity index (χ2n) is 2.42. The summed E-state index contributed by atoms with van der Waals surface area (Å²) in [5.74, 6) is 0. The molecule has 0 amide bonds. The molecule has 13 heavy (non-hydrogen) atoms. The smallest absolute Gasteiger partial charge is 0.423 e. The number of halogens is 3. The van der Waals surface area contributed by atoms with Gasteiger partial charge in [-0.05, 0) is 6.07 Å². The standard InChI is InChI=1S/C7H6BBrF2O2/c9-5-3-1-2-4(7(10)11)6(5)8(12)13/h1-3,7,12-13H. The Bertz CT molecular complexity index is 307. The molecular weight excluding hydrogens is 245 g/mol. The normalized spacial score (nSPS) is 10.6. The molecule has 1 aromatic rings. The van der Waals surface area contributed by atoms with Gasteiger partial charge in [-0.3, -0.25) is 0 Å². The van der Waals surface area contributed by atoms with Crippen LogP contribution >= 0.6 is 15.9 Å². The summed E-state index contributed by atoms with van der Waals surface area (Å²) < 4.78 is 24.9. The van der Waals surface area contributed by atoms with Crippen LogP contribution in [0.1, 0.15) is 12.0 Å². The Hall–Kier alpha value is -0.455. The molecule has 0 aliphatic heterocycles. The monoisotopic (exact) mass is 250 g/mol. The van der Waals surface area contributed by atoms with E-state index in [1.807, 2.05) is 0 Å². The number of hydrogen-bond donors (Lipinski definition) is 2. The molecule has 0 aliphatic carbocycles. The van der Waals surface area contributed by atoms with Gasteiger partial charge in [-0.15, -0.1) is 0 Å². The summed E-state index contributed by atoms with van der Waals surface area (Å²) in [6.07, 6.45) is -2.71. The lowest BCUT2D eigenvalue weighted by Gasteiger charge is -2.09. The molecule has 0 spiro atoms. The van der Waals surface area contributed by atoms with Crippen molar-refractivity contribution in [2.24, 2.45) is 0 Å². The molecule has 0 saturated heterocycles. The summed E-state index contributed by atoms with van der Waals surface area (Å²) in [5, 5.41) is 17.7. The second kappa shape index (κ2) is 4.17. The number of hydrogen-bond acceptors (Lipinski definition) is 2. The van der Waals surface area contributed by atoms with Crippen molar-refractivity contribution in [3.05, 3.63) is 28.2 Å². The maximum absolute atomic E-state index is 12.3. The van der Waals surface area contributed by atoms with E-state index >= 15 is 0 Å². The molecule has 2 N–H and O–H groups in total. The zero-order chi connectivity index (χ0) is 10.0. The molecule has 1 rings (SSSR count). The van der Waals surface area contributed by atoms with Crippen molar-refractivity contribution in [1.82, 2.24) is 0 Å².